The molecule has 8 heteroatoms. The van der Waals surface area contributed by atoms with E-state index >= 15 is 0 Å². The number of esters is 1. The third-order valence-corrected chi connectivity index (χ3v) is 5.50. The van der Waals surface area contributed by atoms with Crippen LogP contribution in [-0.2, 0) is 19.1 Å². The molecule has 2 amide bonds. The predicted octanol–water partition coefficient (Wildman–Crippen LogP) is 2.05. The average Bonchev–Trinajstić information content (AvgIpc) is 3.36. The minimum Gasteiger partial charge on any atom is -0.497 e. The van der Waals surface area contributed by atoms with Crippen LogP contribution in [0.15, 0.2) is 18.2 Å². The second-order valence-corrected chi connectivity index (χ2v) is 7.51. The van der Waals surface area contributed by atoms with Crippen LogP contribution in [0.3, 0.4) is 0 Å². The summed E-state index contributed by atoms with van der Waals surface area (Å²) in [6.45, 7) is 1.74. The van der Waals surface area contributed by atoms with Gasteiger partial charge in [-0.3, -0.25) is 14.4 Å². The van der Waals surface area contributed by atoms with Gasteiger partial charge in [0.05, 0.1) is 25.8 Å². The Hall–Kier alpha value is -2.77. The number of ether oxygens (including phenoxy) is 3. The van der Waals surface area contributed by atoms with Crippen LogP contribution in [0.5, 0.6) is 11.5 Å². The second kappa shape index (κ2) is 9.15. The van der Waals surface area contributed by atoms with E-state index < -0.39 is 18.0 Å². The molecule has 1 aromatic carbocycles. The van der Waals surface area contributed by atoms with E-state index in [1.807, 2.05) is 0 Å². The Morgan fingerprint density at radius 3 is 2.55 bits per heavy atom. The van der Waals surface area contributed by atoms with Crippen molar-refractivity contribution >= 4 is 23.5 Å². The Labute approximate surface area is 170 Å². The second-order valence-electron chi connectivity index (χ2n) is 7.51. The summed E-state index contributed by atoms with van der Waals surface area (Å²) in [6, 6.07) is 5.30. The monoisotopic (exact) mass is 404 g/mol. The van der Waals surface area contributed by atoms with Crippen molar-refractivity contribution in [3.05, 3.63) is 18.2 Å². The molecule has 0 aromatic heterocycles. The van der Waals surface area contributed by atoms with E-state index in [0.717, 1.165) is 25.7 Å². The third-order valence-electron chi connectivity index (χ3n) is 5.50. The van der Waals surface area contributed by atoms with E-state index in [4.69, 9.17) is 14.2 Å². The van der Waals surface area contributed by atoms with Crippen molar-refractivity contribution in [2.45, 2.75) is 51.2 Å². The van der Waals surface area contributed by atoms with E-state index in [-0.39, 0.29) is 30.8 Å². The summed E-state index contributed by atoms with van der Waals surface area (Å²) in [5.41, 5.74) is 0.570. The summed E-state index contributed by atoms with van der Waals surface area (Å²) >= 11 is 0. The smallest absolute Gasteiger partial charge is 0.312 e. The van der Waals surface area contributed by atoms with E-state index in [0.29, 0.717) is 17.2 Å². The van der Waals surface area contributed by atoms with Gasteiger partial charge in [0.25, 0.3) is 5.91 Å². The Kier molecular flexibility index (Phi) is 6.61. The van der Waals surface area contributed by atoms with Gasteiger partial charge in [-0.2, -0.15) is 0 Å². The van der Waals surface area contributed by atoms with Crippen LogP contribution >= 0.6 is 0 Å². The molecule has 1 aliphatic carbocycles. The van der Waals surface area contributed by atoms with Gasteiger partial charge in [0.15, 0.2) is 6.10 Å². The number of anilines is 1. The molecule has 3 rings (SSSR count). The molecule has 0 bridgehead atoms. The van der Waals surface area contributed by atoms with Crippen LogP contribution < -0.4 is 19.7 Å². The van der Waals surface area contributed by atoms with Gasteiger partial charge in [-0.15, -0.1) is 0 Å². The van der Waals surface area contributed by atoms with Crippen molar-refractivity contribution in [2.24, 2.45) is 5.92 Å². The highest BCUT2D eigenvalue weighted by Gasteiger charge is 2.38. The maximum atomic E-state index is 12.5. The van der Waals surface area contributed by atoms with Crippen molar-refractivity contribution in [1.29, 1.82) is 0 Å². The highest BCUT2D eigenvalue weighted by atomic mass is 16.5. The lowest BCUT2D eigenvalue weighted by molar-refractivity contribution is -0.158. The number of hydrogen-bond donors (Lipinski definition) is 1. The zero-order valence-corrected chi connectivity index (χ0v) is 17.1. The normalized spacial score (nSPS) is 20.4. The number of hydrogen-bond acceptors (Lipinski definition) is 6. The highest BCUT2D eigenvalue weighted by molar-refractivity contribution is 6.01. The molecule has 1 saturated heterocycles. The van der Waals surface area contributed by atoms with Crippen molar-refractivity contribution in [2.75, 3.05) is 25.7 Å². The molecule has 1 heterocycles. The summed E-state index contributed by atoms with van der Waals surface area (Å²) in [6.07, 6.45) is 3.28. The fraction of sp³-hybridized carbons (Fsp3) is 0.571. The molecule has 8 nitrogen and oxygen atoms in total. The Morgan fingerprint density at radius 1 is 1.17 bits per heavy atom. The Balaban J connectivity index is 1.60. The van der Waals surface area contributed by atoms with E-state index in [1.165, 1.54) is 12.0 Å². The largest absolute Gasteiger partial charge is 0.497 e. The Morgan fingerprint density at radius 2 is 1.90 bits per heavy atom. The molecule has 2 aliphatic rings. The predicted molar refractivity (Wildman–Crippen MR) is 106 cm³/mol. The molecular weight excluding hydrogens is 376 g/mol. The van der Waals surface area contributed by atoms with Crippen LogP contribution in [0.1, 0.15) is 39.0 Å². The Bertz CT molecular complexity index is 774. The molecule has 0 spiro atoms. The number of amides is 2. The lowest BCUT2D eigenvalue weighted by Crippen LogP contribution is -2.41. The van der Waals surface area contributed by atoms with Gasteiger partial charge >= 0.3 is 5.97 Å². The lowest BCUT2D eigenvalue weighted by Gasteiger charge is -2.21. The van der Waals surface area contributed by atoms with Crippen molar-refractivity contribution in [3.8, 4) is 11.5 Å². The van der Waals surface area contributed by atoms with Gasteiger partial charge in [-0.05, 0) is 31.9 Å². The van der Waals surface area contributed by atoms with E-state index in [2.05, 4.69) is 5.32 Å². The molecule has 158 valence electrons. The first-order chi connectivity index (χ1) is 13.9. The summed E-state index contributed by atoms with van der Waals surface area (Å²) in [7, 11) is 3.06. The van der Waals surface area contributed by atoms with Gasteiger partial charge < -0.3 is 24.4 Å². The van der Waals surface area contributed by atoms with Crippen molar-refractivity contribution < 1.29 is 28.6 Å². The zero-order valence-electron chi connectivity index (χ0n) is 17.1. The van der Waals surface area contributed by atoms with Crippen LogP contribution in [0.4, 0.5) is 5.69 Å². The molecule has 0 radical (unpaired) electrons. The summed E-state index contributed by atoms with van der Waals surface area (Å²) in [5.74, 6) is -0.563. The molecular formula is C21H28N2O6. The third kappa shape index (κ3) is 4.81. The van der Waals surface area contributed by atoms with Crippen LogP contribution in [0, 0.1) is 5.92 Å². The zero-order chi connectivity index (χ0) is 21.0. The fourth-order valence-electron chi connectivity index (χ4n) is 3.82. The standard InChI is InChI=1S/C21H28N2O6/c1-13(20(25)22-15-6-4-5-7-15)29-21(26)14-10-19(24)23(12-14)17-9-8-16(27-2)11-18(17)28-3/h8-9,11,13-15H,4-7,10,12H2,1-3H3,(H,22,25)/t13-,14+/m1/s1. The molecule has 2 fully saturated rings. The highest BCUT2D eigenvalue weighted by Crippen LogP contribution is 2.36. The SMILES string of the molecule is COc1ccc(N2C[C@@H](C(=O)O[C@H](C)C(=O)NC3CCCC3)CC2=O)c(OC)c1. The number of nitrogens with zero attached hydrogens (tertiary/aromatic N) is 1. The van der Waals surface area contributed by atoms with Crippen LogP contribution in [0.25, 0.3) is 0 Å². The number of benzene rings is 1. The van der Waals surface area contributed by atoms with Crippen LogP contribution in [0.2, 0.25) is 0 Å². The molecule has 1 aliphatic heterocycles. The number of rotatable bonds is 7. The first-order valence-electron chi connectivity index (χ1n) is 9.96. The average molecular weight is 404 g/mol. The van der Waals surface area contributed by atoms with Gasteiger partial charge in [0.2, 0.25) is 5.91 Å². The van der Waals surface area contributed by atoms with Crippen LogP contribution in [-0.4, -0.2) is 50.7 Å². The first kappa shape index (κ1) is 21.0. The van der Waals surface area contributed by atoms with E-state index in [9.17, 15) is 14.4 Å². The molecule has 1 aromatic rings. The minimum absolute atomic E-state index is 0.0327. The number of nitrogens with one attached hydrogen (secondary N) is 1. The van der Waals surface area contributed by atoms with Crippen molar-refractivity contribution in [3.63, 3.8) is 0 Å². The lowest BCUT2D eigenvalue weighted by atomic mass is 10.1. The molecule has 2 atom stereocenters. The summed E-state index contributed by atoms with van der Waals surface area (Å²) in [5, 5.41) is 2.92. The maximum absolute atomic E-state index is 12.5. The van der Waals surface area contributed by atoms with E-state index in [1.54, 1.807) is 32.2 Å². The quantitative estimate of drug-likeness (QED) is 0.699. The number of methoxy groups -OCH3 is 2. The summed E-state index contributed by atoms with van der Waals surface area (Å²) in [4.78, 5) is 38.8. The first-order valence-corrected chi connectivity index (χ1v) is 9.96. The molecule has 29 heavy (non-hydrogen) atoms. The minimum atomic E-state index is -0.886. The van der Waals surface area contributed by atoms with Gasteiger partial charge in [-0.25, -0.2) is 0 Å². The molecule has 1 N–H and O–H groups in total. The van der Waals surface area contributed by atoms with Gasteiger partial charge in [0.1, 0.15) is 11.5 Å². The maximum Gasteiger partial charge on any atom is 0.312 e. The molecule has 1 saturated carbocycles. The molecule has 0 unspecified atom stereocenters. The topological polar surface area (TPSA) is 94.2 Å². The number of carbonyl (C=O) groups is 3. The number of carbonyl (C=O) groups excluding carboxylic acids is 3. The van der Waals surface area contributed by atoms with Gasteiger partial charge in [-0.1, -0.05) is 12.8 Å². The summed E-state index contributed by atoms with van der Waals surface area (Å²) < 4.78 is 15.9. The fourth-order valence-corrected chi connectivity index (χ4v) is 3.82. The van der Waals surface area contributed by atoms with Crippen molar-refractivity contribution in [1.82, 2.24) is 5.32 Å². The van der Waals surface area contributed by atoms with Gasteiger partial charge in [0, 0.05) is 25.1 Å².